The Kier molecular flexibility index (Phi) is 10.8. The number of benzene rings is 3. The van der Waals surface area contributed by atoms with Gasteiger partial charge in [-0.1, -0.05) is 35.9 Å². The third-order valence-corrected chi connectivity index (χ3v) is 8.59. The molecule has 3 N–H and O–H groups in total. The Labute approximate surface area is 263 Å². The zero-order valence-electron chi connectivity index (χ0n) is 25.6. The molecule has 2 aliphatic rings. The number of nitrogens with one attached hydrogen (secondary N) is 2. The largest absolute Gasteiger partial charge is 0.493 e. The van der Waals surface area contributed by atoms with Crippen LogP contribution in [0.15, 0.2) is 60.7 Å². The van der Waals surface area contributed by atoms with Gasteiger partial charge in [-0.2, -0.15) is 13.2 Å². The highest BCUT2D eigenvalue weighted by molar-refractivity contribution is 5.89. The first-order valence-electron chi connectivity index (χ1n) is 14.6. The second-order valence-electron chi connectivity index (χ2n) is 11.4. The van der Waals surface area contributed by atoms with Gasteiger partial charge < -0.3 is 25.2 Å². The molecule has 1 heterocycles. The van der Waals surface area contributed by atoms with Gasteiger partial charge in [-0.05, 0) is 74.5 Å². The molecule has 1 saturated carbocycles. The number of fused-ring (bicyclic) bond motifs is 1. The lowest BCUT2D eigenvalue weighted by Crippen LogP contribution is -2.52. The average Bonchev–Trinajstić information content (AvgIpc) is 3.38. The summed E-state index contributed by atoms with van der Waals surface area (Å²) in [6, 6.07) is 17.9. The predicted octanol–water partition coefficient (Wildman–Crippen LogP) is 6.81. The maximum atomic E-state index is 13.6. The van der Waals surface area contributed by atoms with Crippen molar-refractivity contribution in [2.24, 2.45) is 0 Å². The smallest absolute Gasteiger partial charge is 0.490 e. The third kappa shape index (κ3) is 8.06. The van der Waals surface area contributed by atoms with Crippen molar-refractivity contribution < 1.29 is 46.1 Å². The number of halogens is 5. The Morgan fingerprint density at radius 1 is 0.957 bits per heavy atom. The first kappa shape index (κ1) is 34.5. The summed E-state index contributed by atoms with van der Waals surface area (Å²) in [7, 11) is 3.29. The summed E-state index contributed by atoms with van der Waals surface area (Å²) in [6.45, 7) is 3.86. The van der Waals surface area contributed by atoms with Crippen LogP contribution in [-0.2, 0) is 16.8 Å². The van der Waals surface area contributed by atoms with Crippen LogP contribution in [0.5, 0.6) is 11.5 Å². The van der Waals surface area contributed by atoms with Crippen molar-refractivity contribution in [3.05, 3.63) is 89.0 Å². The third-order valence-electron chi connectivity index (χ3n) is 8.59. The van der Waals surface area contributed by atoms with E-state index in [9.17, 15) is 26.7 Å². The molecule has 5 rings (SSSR count). The summed E-state index contributed by atoms with van der Waals surface area (Å²) in [4.78, 5) is 24.2. The monoisotopic (exact) mass is 649 g/mol. The van der Waals surface area contributed by atoms with E-state index >= 15 is 0 Å². The van der Waals surface area contributed by atoms with Crippen molar-refractivity contribution in [2.45, 2.75) is 62.8 Å². The molecule has 13 heteroatoms. The first-order chi connectivity index (χ1) is 21.7. The number of carbonyl (C=O) groups is 2. The van der Waals surface area contributed by atoms with E-state index in [2.05, 4.69) is 58.9 Å². The van der Waals surface area contributed by atoms with Crippen molar-refractivity contribution in [2.75, 3.05) is 26.1 Å². The van der Waals surface area contributed by atoms with Crippen LogP contribution < -0.4 is 20.1 Å². The number of aliphatic carboxylic acids is 1. The number of likely N-dealkylation sites (tertiary alicyclic amines) is 1. The molecular weight excluding hydrogens is 613 g/mol. The molecule has 0 aromatic heterocycles. The molecule has 3 aromatic carbocycles. The van der Waals surface area contributed by atoms with Gasteiger partial charge in [0.15, 0.2) is 23.1 Å². The molecule has 0 spiro atoms. The molecule has 8 nitrogen and oxygen atoms in total. The molecule has 248 valence electrons. The molecular formula is C33H36F5N3O5. The zero-order valence-corrected chi connectivity index (χ0v) is 25.6. The predicted molar refractivity (Wildman–Crippen MR) is 161 cm³/mol. The number of urea groups is 1. The van der Waals surface area contributed by atoms with Gasteiger partial charge in [-0.25, -0.2) is 18.4 Å². The Morgan fingerprint density at radius 3 is 2.24 bits per heavy atom. The number of nitrogens with zero attached hydrogens (tertiary/aromatic N) is 1. The maximum absolute atomic E-state index is 13.6. The number of hydrogen-bond donors (Lipinski definition) is 3. The van der Waals surface area contributed by atoms with Crippen LogP contribution in [0.2, 0.25) is 0 Å². The number of carboxylic acids is 1. The Hall–Kier alpha value is -4.39. The number of ether oxygens (including phenoxy) is 2. The van der Waals surface area contributed by atoms with Gasteiger partial charge in [-0.3, -0.25) is 4.90 Å². The van der Waals surface area contributed by atoms with Gasteiger partial charge in [0.05, 0.1) is 14.2 Å². The molecule has 46 heavy (non-hydrogen) atoms. The van der Waals surface area contributed by atoms with E-state index < -0.39 is 29.8 Å². The lowest BCUT2D eigenvalue weighted by atomic mass is 9.65. The number of amides is 2. The van der Waals surface area contributed by atoms with Crippen LogP contribution in [0.25, 0.3) is 0 Å². The minimum atomic E-state index is -5.08. The molecule has 1 aliphatic carbocycles. The van der Waals surface area contributed by atoms with E-state index in [0.29, 0.717) is 11.5 Å². The van der Waals surface area contributed by atoms with Crippen LogP contribution in [0.4, 0.5) is 32.4 Å². The summed E-state index contributed by atoms with van der Waals surface area (Å²) in [6.07, 6.45) is -1.61. The van der Waals surface area contributed by atoms with Crippen LogP contribution in [0, 0.1) is 18.6 Å². The molecule has 1 aliphatic heterocycles. The molecule has 0 bridgehead atoms. The number of hydrogen-bond acceptors (Lipinski definition) is 5. The molecule has 3 aromatic rings. The fraction of sp³-hybridized carbons (Fsp3) is 0.394. The van der Waals surface area contributed by atoms with Gasteiger partial charge in [0, 0.05) is 35.8 Å². The van der Waals surface area contributed by atoms with Gasteiger partial charge in [0.2, 0.25) is 0 Å². The van der Waals surface area contributed by atoms with Gasteiger partial charge in [0.1, 0.15) is 0 Å². The van der Waals surface area contributed by atoms with Crippen molar-refractivity contribution >= 4 is 17.7 Å². The van der Waals surface area contributed by atoms with Crippen LogP contribution in [-0.4, -0.2) is 61.0 Å². The highest BCUT2D eigenvalue weighted by atomic mass is 19.4. The Balaban J connectivity index is 0.000000617. The fourth-order valence-electron chi connectivity index (χ4n) is 6.30. The molecule has 1 saturated heterocycles. The molecule has 3 unspecified atom stereocenters. The van der Waals surface area contributed by atoms with Crippen LogP contribution in [0.3, 0.4) is 0 Å². The second-order valence-corrected chi connectivity index (χ2v) is 11.4. The number of alkyl halides is 3. The van der Waals surface area contributed by atoms with Gasteiger partial charge >= 0.3 is 18.2 Å². The number of anilines is 1. The van der Waals surface area contributed by atoms with Crippen molar-refractivity contribution in [3.63, 3.8) is 0 Å². The number of aryl methyl sites for hydroxylation is 1. The number of rotatable bonds is 7. The van der Waals surface area contributed by atoms with Crippen LogP contribution in [0.1, 0.15) is 42.4 Å². The average molecular weight is 650 g/mol. The van der Waals surface area contributed by atoms with Crippen molar-refractivity contribution in [1.82, 2.24) is 10.2 Å². The molecule has 0 radical (unpaired) electrons. The summed E-state index contributed by atoms with van der Waals surface area (Å²) in [5.74, 6) is -3.29. The summed E-state index contributed by atoms with van der Waals surface area (Å²) >= 11 is 0. The quantitative estimate of drug-likeness (QED) is 0.243. The minimum Gasteiger partial charge on any atom is -0.493 e. The Morgan fingerprint density at radius 2 is 1.63 bits per heavy atom. The molecule has 2 amide bonds. The second kappa shape index (κ2) is 14.4. The van der Waals surface area contributed by atoms with Crippen molar-refractivity contribution in [1.29, 1.82) is 0 Å². The lowest BCUT2D eigenvalue weighted by Gasteiger charge is -2.45. The highest BCUT2D eigenvalue weighted by Gasteiger charge is 2.51. The van der Waals surface area contributed by atoms with E-state index in [1.807, 2.05) is 6.07 Å². The van der Waals surface area contributed by atoms with E-state index in [0.717, 1.165) is 50.9 Å². The van der Waals surface area contributed by atoms with E-state index in [4.69, 9.17) is 19.4 Å². The normalized spacial score (nSPS) is 21.0. The van der Waals surface area contributed by atoms with E-state index in [-0.39, 0.29) is 23.2 Å². The fourth-order valence-corrected chi connectivity index (χ4v) is 6.30. The van der Waals surface area contributed by atoms with E-state index in [1.54, 1.807) is 14.2 Å². The SMILES string of the molecule is COc1ccc(C23CCC(NC(=O)Nc4ccc(F)c(F)c4)CC2N(Cc2ccc(C)cc2)CC3)cc1OC.O=C(O)C(F)(F)F. The first-order valence-corrected chi connectivity index (χ1v) is 14.6. The lowest BCUT2D eigenvalue weighted by molar-refractivity contribution is -0.192. The number of methoxy groups -OCH3 is 2. The number of carboxylic acid groups (broad SMARTS) is 1. The summed E-state index contributed by atoms with van der Waals surface area (Å²) in [5.41, 5.74) is 3.84. The minimum absolute atomic E-state index is 0.0628. The van der Waals surface area contributed by atoms with Crippen molar-refractivity contribution in [3.8, 4) is 11.5 Å². The summed E-state index contributed by atoms with van der Waals surface area (Å²) in [5, 5.41) is 12.8. The summed E-state index contributed by atoms with van der Waals surface area (Å²) < 4.78 is 69.8. The highest BCUT2D eigenvalue weighted by Crippen LogP contribution is 2.50. The maximum Gasteiger partial charge on any atom is 0.490 e. The molecule has 3 atom stereocenters. The molecule has 2 fully saturated rings. The van der Waals surface area contributed by atoms with Gasteiger partial charge in [-0.15, -0.1) is 0 Å². The van der Waals surface area contributed by atoms with E-state index in [1.165, 1.54) is 22.8 Å². The van der Waals surface area contributed by atoms with Gasteiger partial charge in [0.25, 0.3) is 0 Å². The van der Waals surface area contributed by atoms with Crippen LogP contribution >= 0.6 is 0 Å². The Bertz CT molecular complexity index is 1540. The topological polar surface area (TPSA) is 100 Å². The standard InChI is InChI=1S/C31H35F2N3O3.C2HF3O2/c1-20-4-6-21(7-5-20)19-36-15-14-31(22-8-11-27(38-2)28(16-22)39-3)13-12-24(18-29(31)36)35-30(37)34-23-9-10-25(32)26(33)17-23;3-2(4,5)1(6)7/h4-11,16-17,24,29H,12-15,18-19H2,1-3H3,(H2,34,35,37);(H,6,7). The zero-order chi connectivity index (χ0) is 33.6. The number of carbonyl (C=O) groups excluding carboxylic acids is 1.